The Bertz CT molecular complexity index is 420. The number of halogens is 1. The Morgan fingerprint density at radius 2 is 2.06 bits per heavy atom. The Morgan fingerprint density at radius 3 is 2.59 bits per heavy atom. The minimum absolute atomic E-state index is 0.191. The molecule has 0 heterocycles. The van der Waals surface area contributed by atoms with Gasteiger partial charge in [-0.3, -0.25) is 9.59 Å². The van der Waals surface area contributed by atoms with E-state index in [9.17, 15) is 14.0 Å². The monoisotopic (exact) mass is 239 g/mol. The number of carboxylic acids is 1. The summed E-state index contributed by atoms with van der Waals surface area (Å²) in [5.74, 6) is -1.91. The summed E-state index contributed by atoms with van der Waals surface area (Å²) in [6, 6.07) is 4.99. The maximum Gasteiger partial charge on any atom is 0.305 e. The van der Waals surface area contributed by atoms with Crippen LogP contribution in [0.25, 0.3) is 0 Å². The average molecular weight is 239 g/mol. The summed E-state index contributed by atoms with van der Waals surface area (Å²) in [6.07, 6.45) is -0.114. The number of benzene rings is 1. The van der Waals surface area contributed by atoms with Gasteiger partial charge in [0.1, 0.15) is 5.82 Å². The summed E-state index contributed by atoms with van der Waals surface area (Å²) in [5, 5.41) is 11.2. The molecule has 17 heavy (non-hydrogen) atoms. The van der Waals surface area contributed by atoms with Crippen LogP contribution < -0.4 is 5.32 Å². The first-order valence-corrected chi connectivity index (χ1v) is 5.30. The minimum Gasteiger partial charge on any atom is -0.481 e. The third-order valence-electron chi connectivity index (χ3n) is 2.32. The maximum atomic E-state index is 13.5. The number of carbonyl (C=O) groups is 2. The largest absolute Gasteiger partial charge is 0.481 e. The van der Waals surface area contributed by atoms with Gasteiger partial charge in [0.15, 0.2) is 0 Å². The molecule has 1 aromatic rings. The van der Waals surface area contributed by atoms with E-state index < -0.39 is 17.8 Å². The van der Waals surface area contributed by atoms with Crippen molar-refractivity contribution in [1.82, 2.24) is 5.32 Å². The molecule has 5 heteroatoms. The SMILES string of the molecule is CCC(=O)NC(CC(=O)O)c1ccccc1F. The van der Waals surface area contributed by atoms with Gasteiger partial charge in [-0.05, 0) is 6.07 Å². The summed E-state index contributed by atoms with van der Waals surface area (Å²) in [6.45, 7) is 1.65. The number of aliphatic carboxylic acids is 1. The van der Waals surface area contributed by atoms with Crippen LogP contribution in [0.3, 0.4) is 0 Å². The molecule has 0 saturated carbocycles. The van der Waals surface area contributed by atoms with E-state index in [4.69, 9.17) is 5.11 Å². The summed E-state index contributed by atoms with van der Waals surface area (Å²) in [4.78, 5) is 22.0. The van der Waals surface area contributed by atoms with Crippen LogP contribution in [-0.4, -0.2) is 17.0 Å². The molecule has 1 unspecified atom stereocenters. The van der Waals surface area contributed by atoms with Crippen molar-refractivity contribution in [3.63, 3.8) is 0 Å². The molecule has 0 saturated heterocycles. The molecule has 2 N–H and O–H groups in total. The summed E-state index contributed by atoms with van der Waals surface area (Å²) >= 11 is 0. The first kappa shape index (κ1) is 13.2. The molecule has 4 nitrogen and oxygen atoms in total. The molecule has 0 aliphatic heterocycles. The van der Waals surface area contributed by atoms with Crippen LogP contribution in [0, 0.1) is 5.82 Å². The smallest absolute Gasteiger partial charge is 0.305 e. The number of rotatable bonds is 5. The van der Waals surface area contributed by atoms with E-state index in [1.807, 2.05) is 0 Å². The number of carboxylic acid groups (broad SMARTS) is 1. The van der Waals surface area contributed by atoms with Crippen molar-refractivity contribution in [3.8, 4) is 0 Å². The number of hydrogen-bond acceptors (Lipinski definition) is 2. The van der Waals surface area contributed by atoms with Gasteiger partial charge >= 0.3 is 5.97 Å². The molecule has 0 spiro atoms. The molecule has 0 aromatic heterocycles. The first-order valence-electron chi connectivity index (χ1n) is 5.30. The molecule has 1 atom stereocenters. The standard InChI is InChI=1S/C12H14FNO3/c1-2-11(15)14-10(7-12(16)17)8-5-3-4-6-9(8)13/h3-6,10H,2,7H2,1H3,(H,14,15)(H,16,17). The third-order valence-corrected chi connectivity index (χ3v) is 2.32. The Balaban J connectivity index is 2.93. The molecule has 1 amide bonds. The van der Waals surface area contributed by atoms with Crippen LogP contribution >= 0.6 is 0 Å². The van der Waals surface area contributed by atoms with Crippen LogP contribution in [0.4, 0.5) is 4.39 Å². The highest BCUT2D eigenvalue weighted by Crippen LogP contribution is 2.20. The topological polar surface area (TPSA) is 66.4 Å². The number of carbonyl (C=O) groups excluding carboxylic acids is 1. The summed E-state index contributed by atoms with van der Waals surface area (Å²) in [5.41, 5.74) is 0.191. The number of nitrogens with one attached hydrogen (secondary N) is 1. The fourth-order valence-corrected chi connectivity index (χ4v) is 1.47. The van der Waals surface area contributed by atoms with Gasteiger partial charge in [-0.1, -0.05) is 25.1 Å². The zero-order valence-corrected chi connectivity index (χ0v) is 9.44. The van der Waals surface area contributed by atoms with Gasteiger partial charge in [-0.2, -0.15) is 0 Å². The van der Waals surface area contributed by atoms with Crippen molar-refractivity contribution in [2.24, 2.45) is 0 Å². The lowest BCUT2D eigenvalue weighted by molar-refractivity contribution is -0.137. The van der Waals surface area contributed by atoms with Gasteiger partial charge in [0.05, 0.1) is 12.5 Å². The molecule has 1 rings (SSSR count). The summed E-state index contributed by atoms with van der Waals surface area (Å²) < 4.78 is 13.5. The lowest BCUT2D eigenvalue weighted by Gasteiger charge is -2.17. The minimum atomic E-state index is -1.09. The fourth-order valence-electron chi connectivity index (χ4n) is 1.47. The highest BCUT2D eigenvalue weighted by atomic mass is 19.1. The van der Waals surface area contributed by atoms with E-state index in [2.05, 4.69) is 5.32 Å². The normalized spacial score (nSPS) is 11.9. The molecule has 0 aliphatic rings. The van der Waals surface area contributed by atoms with Crippen LogP contribution in [0.2, 0.25) is 0 Å². The number of amides is 1. The Labute approximate surface area is 98.5 Å². The third kappa shape index (κ3) is 3.86. The second-order valence-electron chi connectivity index (χ2n) is 3.59. The maximum absolute atomic E-state index is 13.5. The molecule has 0 radical (unpaired) electrons. The Hall–Kier alpha value is -1.91. The second-order valence-corrected chi connectivity index (χ2v) is 3.59. The van der Waals surface area contributed by atoms with Crippen molar-refractivity contribution < 1.29 is 19.1 Å². The average Bonchev–Trinajstić information content (AvgIpc) is 2.28. The van der Waals surface area contributed by atoms with E-state index in [0.29, 0.717) is 0 Å². The van der Waals surface area contributed by atoms with E-state index in [0.717, 1.165) is 0 Å². The van der Waals surface area contributed by atoms with E-state index in [-0.39, 0.29) is 24.3 Å². The van der Waals surface area contributed by atoms with Gasteiger partial charge in [0, 0.05) is 12.0 Å². The Morgan fingerprint density at radius 1 is 1.41 bits per heavy atom. The van der Waals surface area contributed by atoms with Crippen molar-refractivity contribution in [2.75, 3.05) is 0 Å². The van der Waals surface area contributed by atoms with E-state index in [1.54, 1.807) is 13.0 Å². The van der Waals surface area contributed by atoms with Crippen molar-refractivity contribution in [3.05, 3.63) is 35.6 Å². The van der Waals surface area contributed by atoms with Crippen molar-refractivity contribution >= 4 is 11.9 Å². The molecule has 92 valence electrons. The molecule has 0 fully saturated rings. The summed E-state index contributed by atoms with van der Waals surface area (Å²) in [7, 11) is 0. The molecule has 0 bridgehead atoms. The highest BCUT2D eigenvalue weighted by molar-refractivity contribution is 5.77. The fraction of sp³-hybridized carbons (Fsp3) is 0.333. The van der Waals surface area contributed by atoms with Crippen LogP contribution in [0.15, 0.2) is 24.3 Å². The number of hydrogen-bond donors (Lipinski definition) is 2. The lowest BCUT2D eigenvalue weighted by atomic mass is 10.0. The van der Waals surface area contributed by atoms with E-state index >= 15 is 0 Å². The molecular formula is C12H14FNO3. The second kappa shape index (κ2) is 5.98. The Kier molecular flexibility index (Phi) is 4.63. The van der Waals surface area contributed by atoms with Crippen LogP contribution in [0.5, 0.6) is 0 Å². The molecule has 0 aliphatic carbocycles. The van der Waals surface area contributed by atoms with Crippen LogP contribution in [0.1, 0.15) is 31.4 Å². The quantitative estimate of drug-likeness (QED) is 0.824. The highest BCUT2D eigenvalue weighted by Gasteiger charge is 2.20. The van der Waals surface area contributed by atoms with Gasteiger partial charge in [0.2, 0.25) is 5.91 Å². The van der Waals surface area contributed by atoms with Gasteiger partial charge in [-0.15, -0.1) is 0 Å². The first-order chi connectivity index (χ1) is 8.04. The van der Waals surface area contributed by atoms with Crippen molar-refractivity contribution in [2.45, 2.75) is 25.8 Å². The van der Waals surface area contributed by atoms with Crippen LogP contribution in [-0.2, 0) is 9.59 Å². The molecule has 1 aromatic carbocycles. The van der Waals surface area contributed by atoms with Crippen molar-refractivity contribution in [1.29, 1.82) is 0 Å². The van der Waals surface area contributed by atoms with E-state index in [1.165, 1.54) is 18.2 Å². The molecular weight excluding hydrogens is 225 g/mol. The van der Waals surface area contributed by atoms with Gasteiger partial charge in [0.25, 0.3) is 0 Å². The predicted molar refractivity (Wildman–Crippen MR) is 59.8 cm³/mol. The predicted octanol–water partition coefficient (Wildman–Crippen LogP) is 1.87. The van der Waals surface area contributed by atoms with Gasteiger partial charge in [-0.25, -0.2) is 4.39 Å². The van der Waals surface area contributed by atoms with Gasteiger partial charge < -0.3 is 10.4 Å². The zero-order chi connectivity index (χ0) is 12.8. The zero-order valence-electron chi connectivity index (χ0n) is 9.44. The lowest BCUT2D eigenvalue weighted by Crippen LogP contribution is -2.30.